The number of rotatable bonds is 3. The van der Waals surface area contributed by atoms with Crippen molar-refractivity contribution in [3.63, 3.8) is 0 Å². The molecule has 0 unspecified atom stereocenters. The van der Waals surface area contributed by atoms with Crippen LogP contribution in [0.5, 0.6) is 17.2 Å². The Hall–Kier alpha value is -2.28. The first-order valence-electron chi connectivity index (χ1n) is 6.39. The molecule has 0 amide bonds. The van der Waals surface area contributed by atoms with Crippen molar-refractivity contribution in [1.82, 2.24) is 4.68 Å². The normalized spacial score (nSPS) is 12.7. The van der Waals surface area contributed by atoms with Crippen LogP contribution in [0.25, 0.3) is 0 Å². The Morgan fingerprint density at radius 1 is 1.19 bits per heavy atom. The Morgan fingerprint density at radius 3 is 2.57 bits per heavy atom. The van der Waals surface area contributed by atoms with E-state index in [1.807, 2.05) is 26.2 Å². The highest BCUT2D eigenvalue weighted by molar-refractivity contribution is 7.07. The molecular weight excluding hydrogens is 290 g/mol. The predicted octanol–water partition coefficient (Wildman–Crippen LogP) is 2.17. The fraction of sp³-hybridized carbons (Fsp3) is 0.286. The fourth-order valence-electron chi connectivity index (χ4n) is 1.64. The minimum atomic E-state index is -0.557. The van der Waals surface area contributed by atoms with E-state index in [4.69, 9.17) is 0 Å². The summed E-state index contributed by atoms with van der Waals surface area (Å²) in [5.41, 5.74) is 1.22. The van der Waals surface area contributed by atoms with Crippen LogP contribution in [0.2, 0.25) is 0 Å². The van der Waals surface area contributed by atoms with E-state index in [0.29, 0.717) is 5.56 Å². The van der Waals surface area contributed by atoms with E-state index in [9.17, 15) is 15.3 Å². The van der Waals surface area contributed by atoms with E-state index in [0.717, 1.165) is 10.5 Å². The number of nitrogens with zero attached hydrogens (tertiary/aromatic N) is 3. The Kier molecular flexibility index (Phi) is 4.32. The summed E-state index contributed by atoms with van der Waals surface area (Å²) in [5, 5.41) is 34.8. The number of thiazole rings is 1. The maximum Gasteiger partial charge on any atom is 0.206 e. The summed E-state index contributed by atoms with van der Waals surface area (Å²) in [6.07, 6.45) is 1.41. The van der Waals surface area contributed by atoms with Gasteiger partial charge in [0, 0.05) is 17.0 Å². The van der Waals surface area contributed by atoms with Crippen LogP contribution in [0, 0.1) is 6.92 Å². The fourth-order valence-corrected chi connectivity index (χ4v) is 2.58. The molecule has 6 nitrogen and oxygen atoms in total. The molecule has 0 saturated carbocycles. The van der Waals surface area contributed by atoms with Crippen LogP contribution in [-0.2, 0) is 0 Å². The molecule has 1 aromatic carbocycles. The van der Waals surface area contributed by atoms with Crippen LogP contribution >= 0.6 is 11.3 Å². The predicted molar refractivity (Wildman–Crippen MR) is 82.2 cm³/mol. The third-order valence-electron chi connectivity index (χ3n) is 2.69. The first-order chi connectivity index (χ1) is 9.90. The summed E-state index contributed by atoms with van der Waals surface area (Å²) in [6, 6.07) is 2.91. The molecule has 0 spiro atoms. The van der Waals surface area contributed by atoms with Crippen molar-refractivity contribution in [3.05, 3.63) is 33.6 Å². The Labute approximate surface area is 126 Å². The monoisotopic (exact) mass is 307 g/mol. The molecule has 0 atom stereocenters. The molecule has 2 rings (SSSR count). The topological polar surface area (TPSA) is 90.3 Å². The summed E-state index contributed by atoms with van der Waals surface area (Å²) in [6.45, 7) is 5.86. The Bertz CT molecular complexity index is 744. The third kappa shape index (κ3) is 3.25. The number of hydrogen-bond donors (Lipinski definition) is 3. The molecule has 7 heteroatoms. The maximum absolute atomic E-state index is 9.76. The van der Waals surface area contributed by atoms with Crippen LogP contribution < -0.4 is 4.80 Å². The average Bonchev–Trinajstić information content (AvgIpc) is 2.76. The van der Waals surface area contributed by atoms with Crippen LogP contribution in [0.1, 0.15) is 25.1 Å². The molecule has 0 aliphatic rings. The molecule has 0 aliphatic heterocycles. The van der Waals surface area contributed by atoms with Gasteiger partial charge in [-0.3, -0.25) is 4.99 Å². The van der Waals surface area contributed by atoms with Crippen LogP contribution in [-0.4, -0.2) is 32.3 Å². The highest BCUT2D eigenvalue weighted by Crippen LogP contribution is 2.36. The lowest BCUT2D eigenvalue weighted by Crippen LogP contribution is -2.14. The first kappa shape index (κ1) is 15.1. The molecule has 1 heterocycles. The van der Waals surface area contributed by atoms with Crippen molar-refractivity contribution in [2.24, 2.45) is 10.1 Å². The van der Waals surface area contributed by atoms with Gasteiger partial charge >= 0.3 is 0 Å². The quantitative estimate of drug-likeness (QED) is 0.599. The van der Waals surface area contributed by atoms with E-state index in [1.54, 1.807) is 4.68 Å². The second-order valence-corrected chi connectivity index (χ2v) is 5.65. The number of aromatic hydroxyl groups is 3. The SMILES string of the molecule is Cc1csc(=NC(C)C)n1/N=C/c1ccc(O)c(O)c1O. The van der Waals surface area contributed by atoms with Crippen molar-refractivity contribution >= 4 is 17.6 Å². The van der Waals surface area contributed by atoms with Crippen LogP contribution in [0.3, 0.4) is 0 Å². The van der Waals surface area contributed by atoms with Crippen molar-refractivity contribution in [2.45, 2.75) is 26.8 Å². The zero-order valence-corrected chi connectivity index (χ0v) is 12.8. The van der Waals surface area contributed by atoms with Gasteiger partial charge in [-0.15, -0.1) is 11.3 Å². The highest BCUT2D eigenvalue weighted by Gasteiger charge is 2.09. The molecule has 3 N–H and O–H groups in total. The van der Waals surface area contributed by atoms with Gasteiger partial charge in [0.05, 0.1) is 11.9 Å². The average molecular weight is 307 g/mol. The van der Waals surface area contributed by atoms with Gasteiger partial charge in [-0.1, -0.05) is 0 Å². The van der Waals surface area contributed by atoms with E-state index >= 15 is 0 Å². The summed E-state index contributed by atoms with van der Waals surface area (Å²) in [7, 11) is 0. The Balaban J connectivity index is 2.44. The number of phenols is 3. The second-order valence-electron chi connectivity index (χ2n) is 4.81. The maximum atomic E-state index is 9.76. The minimum absolute atomic E-state index is 0.149. The van der Waals surface area contributed by atoms with Gasteiger partial charge in [0.1, 0.15) is 0 Å². The third-order valence-corrected chi connectivity index (χ3v) is 3.64. The molecule has 0 bridgehead atoms. The van der Waals surface area contributed by atoms with Crippen LogP contribution in [0.15, 0.2) is 27.6 Å². The van der Waals surface area contributed by atoms with Crippen molar-refractivity contribution in [2.75, 3.05) is 0 Å². The smallest absolute Gasteiger partial charge is 0.206 e. The van der Waals surface area contributed by atoms with Crippen molar-refractivity contribution in [3.8, 4) is 17.2 Å². The number of hydrogen-bond acceptors (Lipinski definition) is 6. The lowest BCUT2D eigenvalue weighted by Gasteiger charge is -2.04. The molecule has 0 radical (unpaired) electrons. The molecule has 0 saturated heterocycles. The molecule has 0 aliphatic carbocycles. The summed E-state index contributed by atoms with van der Waals surface area (Å²) >= 11 is 1.48. The molecule has 21 heavy (non-hydrogen) atoms. The minimum Gasteiger partial charge on any atom is -0.504 e. The lowest BCUT2D eigenvalue weighted by molar-refractivity contribution is 0.367. The zero-order valence-electron chi connectivity index (χ0n) is 12.0. The van der Waals surface area contributed by atoms with Gasteiger partial charge in [0.25, 0.3) is 0 Å². The van der Waals surface area contributed by atoms with Gasteiger partial charge in [0.2, 0.25) is 10.6 Å². The summed E-state index contributed by atoms with van der Waals surface area (Å²) in [5.74, 6) is -1.34. The van der Waals surface area contributed by atoms with Crippen LogP contribution in [0.4, 0.5) is 0 Å². The van der Waals surface area contributed by atoms with E-state index < -0.39 is 11.5 Å². The van der Waals surface area contributed by atoms with Gasteiger partial charge in [-0.2, -0.15) is 5.10 Å². The molecule has 0 fully saturated rings. The van der Waals surface area contributed by atoms with Crippen molar-refractivity contribution < 1.29 is 15.3 Å². The van der Waals surface area contributed by atoms with E-state index in [2.05, 4.69) is 10.1 Å². The number of phenolic OH excluding ortho intramolecular Hbond substituents is 3. The van der Waals surface area contributed by atoms with Gasteiger partial charge in [-0.05, 0) is 32.9 Å². The van der Waals surface area contributed by atoms with Gasteiger partial charge in [-0.25, -0.2) is 4.68 Å². The largest absolute Gasteiger partial charge is 0.504 e. The second kappa shape index (κ2) is 6.01. The number of aryl methyl sites for hydroxylation is 1. The Morgan fingerprint density at radius 2 is 1.90 bits per heavy atom. The number of benzene rings is 1. The van der Waals surface area contributed by atoms with Gasteiger partial charge < -0.3 is 15.3 Å². The van der Waals surface area contributed by atoms with E-state index in [1.165, 1.54) is 29.7 Å². The standard InChI is InChI=1S/C14H17N3O3S/c1-8(2)16-14-17(9(3)7-21-14)15-6-10-4-5-11(18)13(20)12(10)19/h4-8,18-20H,1-3H3/b15-6+,16-14?. The summed E-state index contributed by atoms with van der Waals surface area (Å²) < 4.78 is 1.66. The lowest BCUT2D eigenvalue weighted by atomic mass is 10.2. The summed E-state index contributed by atoms with van der Waals surface area (Å²) in [4.78, 5) is 5.21. The number of aromatic nitrogens is 1. The molecule has 2 aromatic rings. The molecule has 112 valence electrons. The zero-order chi connectivity index (χ0) is 15.6. The van der Waals surface area contributed by atoms with Gasteiger partial charge in [0.15, 0.2) is 11.5 Å². The first-order valence-corrected chi connectivity index (χ1v) is 7.27. The van der Waals surface area contributed by atoms with Crippen molar-refractivity contribution in [1.29, 1.82) is 0 Å². The highest BCUT2D eigenvalue weighted by atomic mass is 32.1. The molecular formula is C14H17N3O3S. The molecule has 1 aromatic heterocycles. The van der Waals surface area contributed by atoms with E-state index in [-0.39, 0.29) is 11.8 Å².